The molecule has 7 heteroatoms. The molecule has 2 aliphatic rings. The van der Waals surface area contributed by atoms with Crippen molar-refractivity contribution < 1.29 is 4.74 Å². The average Bonchev–Trinajstić information content (AvgIpc) is 3.41. The number of aromatic nitrogens is 2. The van der Waals surface area contributed by atoms with Gasteiger partial charge in [-0.25, -0.2) is 4.79 Å². The molecular weight excluding hydrogens is 422 g/mol. The van der Waals surface area contributed by atoms with Crippen molar-refractivity contribution in [3.8, 4) is 0 Å². The van der Waals surface area contributed by atoms with E-state index in [1.54, 1.807) is 11.3 Å². The minimum atomic E-state index is -0.249. The second-order valence-electron chi connectivity index (χ2n) is 9.58. The van der Waals surface area contributed by atoms with Crippen LogP contribution in [0.4, 0.5) is 0 Å². The molecule has 1 aromatic carbocycles. The molecule has 170 valence electrons. The Morgan fingerprint density at radius 2 is 1.75 bits per heavy atom. The third-order valence-electron chi connectivity index (χ3n) is 6.73. The molecule has 5 rings (SSSR count). The minimum Gasteiger partial charge on any atom is -0.370 e. The number of hydrogen-bond acceptors (Lipinski definition) is 5. The second kappa shape index (κ2) is 8.61. The van der Waals surface area contributed by atoms with Gasteiger partial charge in [0.25, 0.3) is 5.56 Å². The van der Waals surface area contributed by atoms with Crippen molar-refractivity contribution >= 4 is 21.6 Å². The lowest BCUT2D eigenvalue weighted by Gasteiger charge is -2.30. The summed E-state index contributed by atoms with van der Waals surface area (Å²) in [5.41, 5.74) is 2.38. The van der Waals surface area contributed by atoms with Gasteiger partial charge in [0, 0.05) is 36.5 Å². The van der Waals surface area contributed by atoms with E-state index < -0.39 is 0 Å². The number of nitrogens with zero attached hydrogens (tertiary/aromatic N) is 3. The van der Waals surface area contributed by atoms with E-state index in [9.17, 15) is 9.59 Å². The zero-order valence-electron chi connectivity index (χ0n) is 18.9. The van der Waals surface area contributed by atoms with E-state index in [1.165, 1.54) is 22.3 Å². The third-order valence-corrected chi connectivity index (χ3v) is 7.94. The van der Waals surface area contributed by atoms with Gasteiger partial charge in [-0.05, 0) is 51.8 Å². The Balaban J connectivity index is 1.59. The summed E-state index contributed by atoms with van der Waals surface area (Å²) in [5, 5.41) is 0. The summed E-state index contributed by atoms with van der Waals surface area (Å²) < 4.78 is 10.1. The Labute approximate surface area is 192 Å². The predicted molar refractivity (Wildman–Crippen MR) is 129 cm³/mol. The Kier molecular flexibility index (Phi) is 5.82. The fourth-order valence-electron chi connectivity index (χ4n) is 4.92. The molecule has 0 aliphatic carbocycles. The molecule has 0 spiro atoms. The first kappa shape index (κ1) is 21.6. The Morgan fingerprint density at radius 1 is 1.00 bits per heavy atom. The van der Waals surface area contributed by atoms with E-state index in [0.29, 0.717) is 30.8 Å². The van der Waals surface area contributed by atoms with Crippen LogP contribution in [0.2, 0.25) is 0 Å². The van der Waals surface area contributed by atoms with Crippen molar-refractivity contribution in [1.82, 2.24) is 14.0 Å². The van der Waals surface area contributed by atoms with E-state index in [2.05, 4.69) is 18.7 Å². The van der Waals surface area contributed by atoms with Crippen molar-refractivity contribution in [2.45, 2.75) is 64.8 Å². The molecule has 0 radical (unpaired) electrons. The smallest absolute Gasteiger partial charge is 0.331 e. The minimum absolute atomic E-state index is 0.157. The van der Waals surface area contributed by atoms with Crippen LogP contribution in [-0.4, -0.2) is 39.3 Å². The van der Waals surface area contributed by atoms with Crippen molar-refractivity contribution in [3.63, 3.8) is 0 Å². The van der Waals surface area contributed by atoms with E-state index in [-0.39, 0.29) is 16.9 Å². The maximum Gasteiger partial charge on any atom is 0.331 e. The summed E-state index contributed by atoms with van der Waals surface area (Å²) in [6.07, 6.45) is 3.87. The second-order valence-corrected chi connectivity index (χ2v) is 10.7. The van der Waals surface area contributed by atoms with Gasteiger partial charge in [0.2, 0.25) is 0 Å². The van der Waals surface area contributed by atoms with Gasteiger partial charge in [0.05, 0.1) is 17.7 Å². The van der Waals surface area contributed by atoms with E-state index in [0.717, 1.165) is 42.7 Å². The lowest BCUT2D eigenvalue weighted by atomic mass is 9.98. The maximum atomic E-state index is 13.6. The van der Waals surface area contributed by atoms with Crippen molar-refractivity contribution in [1.29, 1.82) is 0 Å². The first-order valence-electron chi connectivity index (χ1n) is 11.6. The number of rotatable bonds is 6. The van der Waals surface area contributed by atoms with Gasteiger partial charge in [-0.1, -0.05) is 30.3 Å². The first-order valence-corrected chi connectivity index (χ1v) is 12.4. The van der Waals surface area contributed by atoms with Crippen molar-refractivity contribution in [2.75, 3.05) is 19.6 Å². The van der Waals surface area contributed by atoms with Gasteiger partial charge in [-0.2, -0.15) is 0 Å². The predicted octanol–water partition coefficient (Wildman–Crippen LogP) is 3.41. The Morgan fingerprint density at radius 3 is 2.50 bits per heavy atom. The molecule has 4 heterocycles. The summed E-state index contributed by atoms with van der Waals surface area (Å²) in [7, 11) is 0. The molecule has 0 atom stereocenters. The molecule has 6 nitrogen and oxygen atoms in total. The van der Waals surface area contributed by atoms with Crippen LogP contribution in [0.5, 0.6) is 0 Å². The highest BCUT2D eigenvalue weighted by molar-refractivity contribution is 7.19. The zero-order chi connectivity index (χ0) is 22.3. The van der Waals surface area contributed by atoms with Gasteiger partial charge in [-0.15, -0.1) is 11.3 Å². The van der Waals surface area contributed by atoms with E-state index >= 15 is 0 Å². The SMILES string of the molecule is CC1(C)Cc2sc3c(=O)n(CCc4ccccc4)c(=O)n(CCN4CCCC4)c3c2CO1. The zero-order valence-corrected chi connectivity index (χ0v) is 19.7. The summed E-state index contributed by atoms with van der Waals surface area (Å²) in [4.78, 5) is 30.7. The van der Waals surface area contributed by atoms with Crippen LogP contribution < -0.4 is 11.2 Å². The fraction of sp³-hybridized carbons (Fsp3) is 0.520. The van der Waals surface area contributed by atoms with Crippen molar-refractivity contribution in [3.05, 3.63) is 67.2 Å². The highest BCUT2D eigenvalue weighted by Crippen LogP contribution is 2.37. The number of aryl methyl sites for hydroxylation is 1. The van der Waals surface area contributed by atoms with Gasteiger partial charge in [-0.3, -0.25) is 13.9 Å². The number of hydrogen-bond donors (Lipinski definition) is 0. The number of thiophene rings is 1. The maximum absolute atomic E-state index is 13.6. The number of benzene rings is 1. The summed E-state index contributed by atoms with van der Waals surface area (Å²) in [6.45, 7) is 8.63. The molecule has 0 bridgehead atoms. The molecule has 1 saturated heterocycles. The number of ether oxygens (including phenoxy) is 1. The number of fused-ring (bicyclic) bond motifs is 3. The molecule has 0 N–H and O–H groups in total. The molecule has 1 fully saturated rings. The largest absolute Gasteiger partial charge is 0.370 e. The molecule has 2 aliphatic heterocycles. The average molecular weight is 454 g/mol. The highest BCUT2D eigenvalue weighted by atomic mass is 32.1. The standard InChI is InChI=1S/C25H31N3O3S/c1-25(2)16-20-19(17-31-25)21-22(32-20)23(29)28(13-10-18-8-4-3-5-9-18)24(30)27(21)15-14-26-11-6-7-12-26/h3-5,8-9H,6-7,10-17H2,1-2H3. The van der Waals surface area contributed by atoms with Crippen LogP contribution in [0.15, 0.2) is 39.9 Å². The summed E-state index contributed by atoms with van der Waals surface area (Å²) in [5.74, 6) is 0. The molecule has 0 saturated carbocycles. The van der Waals surface area contributed by atoms with Gasteiger partial charge < -0.3 is 9.64 Å². The lowest BCUT2D eigenvalue weighted by Crippen LogP contribution is -2.42. The number of likely N-dealkylation sites (tertiary alicyclic amines) is 1. The van der Waals surface area contributed by atoms with Crippen molar-refractivity contribution in [2.24, 2.45) is 0 Å². The molecule has 32 heavy (non-hydrogen) atoms. The fourth-order valence-corrected chi connectivity index (χ4v) is 6.39. The third kappa shape index (κ3) is 4.09. The normalized spacial score (nSPS) is 18.3. The van der Waals surface area contributed by atoms with Crippen LogP contribution in [0, 0.1) is 0 Å². The Bertz CT molecular complexity index is 1230. The Hall–Kier alpha value is -2.22. The molecule has 2 aromatic heterocycles. The van der Waals surface area contributed by atoms with Crippen LogP contribution in [0.3, 0.4) is 0 Å². The first-order chi connectivity index (χ1) is 15.4. The summed E-state index contributed by atoms with van der Waals surface area (Å²) in [6, 6.07) is 10.0. The molecule has 3 aromatic rings. The topological polar surface area (TPSA) is 56.5 Å². The van der Waals surface area contributed by atoms with Crippen LogP contribution >= 0.6 is 11.3 Å². The monoisotopic (exact) mass is 453 g/mol. The highest BCUT2D eigenvalue weighted by Gasteiger charge is 2.31. The molecule has 0 unspecified atom stereocenters. The van der Waals surface area contributed by atoms with Crippen LogP contribution in [0.1, 0.15) is 42.7 Å². The van der Waals surface area contributed by atoms with Crippen LogP contribution in [-0.2, 0) is 37.3 Å². The van der Waals surface area contributed by atoms with Crippen LogP contribution in [0.25, 0.3) is 10.2 Å². The molecular formula is C25H31N3O3S. The molecule has 0 amide bonds. The van der Waals surface area contributed by atoms with Gasteiger partial charge in [0.15, 0.2) is 0 Å². The lowest BCUT2D eigenvalue weighted by molar-refractivity contribution is -0.0384. The van der Waals surface area contributed by atoms with E-state index in [4.69, 9.17) is 4.74 Å². The summed E-state index contributed by atoms with van der Waals surface area (Å²) >= 11 is 1.56. The van der Waals surface area contributed by atoms with Gasteiger partial charge in [0.1, 0.15) is 4.70 Å². The van der Waals surface area contributed by atoms with E-state index in [1.807, 2.05) is 34.9 Å². The van der Waals surface area contributed by atoms with Gasteiger partial charge >= 0.3 is 5.69 Å². The quantitative estimate of drug-likeness (QED) is 0.574.